The molecule has 0 bridgehead atoms. The number of aromatic nitrogens is 2. The van der Waals surface area contributed by atoms with Gasteiger partial charge in [-0.2, -0.15) is 0 Å². The van der Waals surface area contributed by atoms with E-state index in [1.165, 1.54) is 18.2 Å². The van der Waals surface area contributed by atoms with Gasteiger partial charge in [0.25, 0.3) is 11.8 Å². The van der Waals surface area contributed by atoms with Crippen molar-refractivity contribution in [2.75, 3.05) is 18.7 Å². The van der Waals surface area contributed by atoms with Gasteiger partial charge >= 0.3 is 0 Å². The first-order valence-electron chi connectivity index (χ1n) is 9.69. The molecule has 1 saturated heterocycles. The molecule has 0 saturated carbocycles. The van der Waals surface area contributed by atoms with Crippen LogP contribution < -0.4 is 14.8 Å². The normalized spacial score (nSPS) is 17.1. The largest absolute Gasteiger partial charge is 0.454 e. The van der Waals surface area contributed by atoms with Crippen LogP contribution in [0.2, 0.25) is 0 Å². The quantitative estimate of drug-likeness (QED) is 0.666. The highest BCUT2D eigenvalue weighted by Crippen LogP contribution is 2.36. The molecule has 0 radical (unpaired) electrons. The van der Waals surface area contributed by atoms with Crippen LogP contribution >= 0.6 is 11.3 Å². The second-order valence-corrected chi connectivity index (χ2v) is 8.14. The molecule has 5 rings (SSSR count). The van der Waals surface area contributed by atoms with Crippen molar-refractivity contribution in [1.29, 1.82) is 0 Å². The zero-order valence-corrected chi connectivity index (χ0v) is 17.0. The molecule has 0 spiro atoms. The van der Waals surface area contributed by atoms with E-state index < -0.39 is 11.7 Å². The Morgan fingerprint density at radius 2 is 2.00 bits per heavy atom. The van der Waals surface area contributed by atoms with Crippen LogP contribution in [0.5, 0.6) is 11.5 Å². The zero-order valence-electron chi connectivity index (χ0n) is 16.2. The number of amides is 2. The van der Waals surface area contributed by atoms with Crippen LogP contribution in [0.4, 0.5) is 10.1 Å². The number of likely N-dealkylation sites (tertiary alicyclic amines) is 1. The molecule has 1 atom stereocenters. The fraction of sp³-hybridized carbons (Fsp3) is 0.238. The second-order valence-electron chi connectivity index (χ2n) is 7.13. The third kappa shape index (κ3) is 3.81. The number of carbonyl (C=O) groups excluding carboxylic acids is 2. The molecule has 2 aliphatic rings. The van der Waals surface area contributed by atoms with Crippen molar-refractivity contribution in [1.82, 2.24) is 15.1 Å². The third-order valence-corrected chi connectivity index (χ3v) is 6.16. The Kier molecular flexibility index (Phi) is 4.99. The molecule has 8 nitrogen and oxygen atoms in total. The number of carbonyl (C=O) groups is 2. The molecule has 158 valence electrons. The van der Waals surface area contributed by atoms with Gasteiger partial charge in [0.2, 0.25) is 11.8 Å². The number of ether oxygens (including phenoxy) is 2. The molecule has 2 aliphatic heterocycles. The summed E-state index contributed by atoms with van der Waals surface area (Å²) in [7, 11) is 0. The van der Waals surface area contributed by atoms with E-state index in [1.54, 1.807) is 29.2 Å². The Balaban J connectivity index is 1.31. The first kappa shape index (κ1) is 19.4. The van der Waals surface area contributed by atoms with Crippen molar-refractivity contribution in [3.8, 4) is 11.5 Å². The van der Waals surface area contributed by atoms with Crippen molar-refractivity contribution in [2.24, 2.45) is 0 Å². The topological polar surface area (TPSA) is 93.7 Å². The van der Waals surface area contributed by atoms with Gasteiger partial charge in [0.05, 0.1) is 6.04 Å². The summed E-state index contributed by atoms with van der Waals surface area (Å²) in [4.78, 5) is 27.2. The predicted molar refractivity (Wildman–Crippen MR) is 110 cm³/mol. The third-order valence-electron chi connectivity index (χ3n) is 5.14. The van der Waals surface area contributed by atoms with Crippen molar-refractivity contribution in [3.63, 3.8) is 0 Å². The van der Waals surface area contributed by atoms with Crippen LogP contribution in [-0.4, -0.2) is 40.2 Å². The van der Waals surface area contributed by atoms with Crippen molar-refractivity contribution in [2.45, 2.75) is 18.9 Å². The smallest absolute Gasteiger partial charge is 0.286 e. The molecule has 1 aromatic heterocycles. The molecular weight excluding hydrogens is 423 g/mol. The molecule has 10 heteroatoms. The Morgan fingerprint density at radius 3 is 2.87 bits per heavy atom. The number of nitrogens with one attached hydrogen (secondary N) is 1. The van der Waals surface area contributed by atoms with Crippen molar-refractivity contribution in [3.05, 3.63) is 63.9 Å². The minimum Gasteiger partial charge on any atom is -0.454 e. The summed E-state index contributed by atoms with van der Waals surface area (Å²) in [6.45, 7) is 0.692. The van der Waals surface area contributed by atoms with Gasteiger partial charge in [-0.3, -0.25) is 9.59 Å². The number of nitrogens with zero attached hydrogens (tertiary/aromatic N) is 3. The van der Waals surface area contributed by atoms with Gasteiger partial charge in [0, 0.05) is 23.9 Å². The molecule has 3 heterocycles. The van der Waals surface area contributed by atoms with Gasteiger partial charge in [-0.15, -0.1) is 10.2 Å². The van der Waals surface area contributed by atoms with E-state index in [9.17, 15) is 14.0 Å². The Morgan fingerprint density at radius 1 is 1.13 bits per heavy atom. The highest BCUT2D eigenvalue weighted by Gasteiger charge is 2.33. The number of hydrogen-bond donors (Lipinski definition) is 1. The highest BCUT2D eigenvalue weighted by atomic mass is 32.1. The summed E-state index contributed by atoms with van der Waals surface area (Å²) >= 11 is 1.14. The molecule has 0 unspecified atom stereocenters. The maximum Gasteiger partial charge on any atom is 0.286 e. The lowest BCUT2D eigenvalue weighted by atomic mass is 10.1. The summed E-state index contributed by atoms with van der Waals surface area (Å²) in [6.07, 6.45) is 1.50. The average molecular weight is 440 g/mol. The van der Waals surface area contributed by atoms with Crippen molar-refractivity contribution >= 4 is 28.8 Å². The predicted octanol–water partition coefficient (Wildman–Crippen LogP) is 3.64. The van der Waals surface area contributed by atoms with Gasteiger partial charge < -0.3 is 19.7 Å². The lowest BCUT2D eigenvalue weighted by Gasteiger charge is -2.22. The van der Waals surface area contributed by atoms with Crippen LogP contribution in [-0.2, 0) is 0 Å². The molecule has 31 heavy (non-hydrogen) atoms. The second kappa shape index (κ2) is 7.95. The fourth-order valence-electron chi connectivity index (χ4n) is 3.67. The van der Waals surface area contributed by atoms with Crippen LogP contribution in [0.3, 0.4) is 0 Å². The summed E-state index contributed by atoms with van der Waals surface area (Å²) in [5, 5.41) is 11.7. The lowest BCUT2D eigenvalue weighted by Crippen LogP contribution is -2.30. The van der Waals surface area contributed by atoms with Crippen molar-refractivity contribution < 1.29 is 23.5 Å². The maximum absolute atomic E-state index is 13.5. The van der Waals surface area contributed by atoms with Gasteiger partial charge in [-0.05, 0) is 43.2 Å². The molecule has 1 fully saturated rings. The Hall–Kier alpha value is -3.53. The Labute approximate surface area is 180 Å². The van der Waals surface area contributed by atoms with E-state index in [0.717, 1.165) is 17.8 Å². The number of benzene rings is 2. The van der Waals surface area contributed by atoms with Gasteiger partial charge in [0.1, 0.15) is 10.8 Å². The van der Waals surface area contributed by atoms with Gasteiger partial charge in [-0.1, -0.05) is 17.4 Å². The maximum atomic E-state index is 13.5. The average Bonchev–Trinajstić information content (AvgIpc) is 3.52. The van der Waals surface area contributed by atoms with E-state index in [1.807, 2.05) is 0 Å². The van der Waals surface area contributed by atoms with E-state index in [-0.39, 0.29) is 29.3 Å². The van der Waals surface area contributed by atoms with Gasteiger partial charge in [0.15, 0.2) is 11.5 Å². The standard InChI is InChI=1S/C21H17FN4O4S/c22-13-4-1-3-12(9-13)21(28)26-8-2-5-15(26)19-24-25-20(31-19)18(27)23-14-6-7-16-17(10-14)30-11-29-16/h1,3-4,6-7,9-10,15H,2,5,8,11H2,(H,23,27)/t15-/m1/s1. The lowest BCUT2D eigenvalue weighted by molar-refractivity contribution is 0.0734. The fourth-order valence-corrected chi connectivity index (χ4v) is 4.56. The number of rotatable bonds is 4. The number of halogens is 1. The Bertz CT molecular complexity index is 1170. The number of fused-ring (bicyclic) bond motifs is 1. The zero-order chi connectivity index (χ0) is 21.4. The SMILES string of the molecule is O=C(Nc1ccc2c(c1)OCO2)c1nnc([C@H]2CCCN2C(=O)c2cccc(F)c2)s1. The monoisotopic (exact) mass is 440 g/mol. The van der Waals surface area contributed by atoms with Crippen LogP contribution in [0.15, 0.2) is 42.5 Å². The molecule has 0 aliphatic carbocycles. The molecule has 3 aromatic rings. The van der Waals surface area contributed by atoms with Gasteiger partial charge in [-0.25, -0.2) is 4.39 Å². The minimum absolute atomic E-state index is 0.152. The van der Waals surface area contributed by atoms with Crippen LogP contribution in [0.1, 0.15) is 44.1 Å². The van der Waals surface area contributed by atoms with E-state index in [4.69, 9.17) is 9.47 Å². The van der Waals surface area contributed by atoms with E-state index >= 15 is 0 Å². The molecular formula is C21H17FN4O4S. The summed E-state index contributed by atoms with van der Waals surface area (Å²) in [5.41, 5.74) is 0.840. The summed E-state index contributed by atoms with van der Waals surface area (Å²) in [6, 6.07) is 10.4. The van der Waals surface area contributed by atoms with E-state index in [0.29, 0.717) is 35.2 Å². The van der Waals surface area contributed by atoms with Crippen LogP contribution in [0.25, 0.3) is 0 Å². The first-order valence-corrected chi connectivity index (χ1v) is 10.5. The summed E-state index contributed by atoms with van der Waals surface area (Å²) < 4.78 is 24.1. The minimum atomic E-state index is -0.458. The van der Waals surface area contributed by atoms with E-state index in [2.05, 4.69) is 15.5 Å². The molecule has 2 aromatic carbocycles. The molecule has 1 N–H and O–H groups in total. The first-order chi connectivity index (χ1) is 15.1. The summed E-state index contributed by atoms with van der Waals surface area (Å²) in [5.74, 6) is 0.0702. The molecule has 2 amide bonds. The highest BCUT2D eigenvalue weighted by molar-refractivity contribution is 7.13. The number of hydrogen-bond acceptors (Lipinski definition) is 7. The number of anilines is 1. The van der Waals surface area contributed by atoms with Crippen LogP contribution in [0, 0.1) is 5.82 Å².